The predicted octanol–water partition coefficient (Wildman–Crippen LogP) is 2.69. The maximum absolute atomic E-state index is 6.24. The maximum Gasteiger partial charge on any atom is 0.119 e. The third-order valence-corrected chi connectivity index (χ3v) is 3.51. The molecule has 0 amide bonds. The van der Waals surface area contributed by atoms with E-state index >= 15 is 0 Å². The lowest BCUT2D eigenvalue weighted by Crippen LogP contribution is -2.24. The summed E-state index contributed by atoms with van der Waals surface area (Å²) in [6.07, 6.45) is 3.04. The van der Waals surface area contributed by atoms with E-state index in [4.69, 9.17) is 22.1 Å². The lowest BCUT2D eigenvalue weighted by molar-refractivity contribution is 0.413. The van der Waals surface area contributed by atoms with E-state index in [1.807, 2.05) is 19.1 Å². The van der Waals surface area contributed by atoms with Crippen LogP contribution in [0.15, 0.2) is 12.1 Å². The first kappa shape index (κ1) is 10.8. The molecule has 82 valence electrons. The van der Waals surface area contributed by atoms with Gasteiger partial charge in [-0.15, -0.1) is 0 Å². The number of hydrogen-bond donors (Lipinski definition) is 1. The van der Waals surface area contributed by atoms with Crippen molar-refractivity contribution in [3.63, 3.8) is 0 Å². The second-order valence-corrected chi connectivity index (χ2v) is 4.83. The van der Waals surface area contributed by atoms with Crippen LogP contribution in [0, 0.1) is 6.92 Å². The van der Waals surface area contributed by atoms with E-state index in [1.165, 1.54) is 0 Å². The lowest BCUT2D eigenvalue weighted by Gasteiger charge is -2.13. The van der Waals surface area contributed by atoms with Crippen LogP contribution in [0.1, 0.15) is 24.0 Å². The van der Waals surface area contributed by atoms with Gasteiger partial charge in [-0.05, 0) is 49.4 Å². The van der Waals surface area contributed by atoms with Crippen LogP contribution in [-0.4, -0.2) is 12.6 Å². The summed E-state index contributed by atoms with van der Waals surface area (Å²) in [7, 11) is 1.67. The van der Waals surface area contributed by atoms with Gasteiger partial charge < -0.3 is 10.5 Å². The smallest absolute Gasteiger partial charge is 0.119 e. The number of rotatable bonds is 3. The van der Waals surface area contributed by atoms with E-state index in [9.17, 15) is 0 Å². The van der Waals surface area contributed by atoms with Crippen molar-refractivity contribution in [3.8, 4) is 5.75 Å². The Kier molecular flexibility index (Phi) is 2.65. The minimum Gasteiger partial charge on any atom is -0.497 e. The molecule has 2 N–H and O–H groups in total. The van der Waals surface area contributed by atoms with Crippen LogP contribution >= 0.6 is 11.6 Å². The van der Waals surface area contributed by atoms with Gasteiger partial charge >= 0.3 is 0 Å². The van der Waals surface area contributed by atoms with Crippen molar-refractivity contribution >= 4 is 11.6 Å². The molecular weight excluding hydrogens is 210 g/mol. The molecule has 0 spiro atoms. The molecule has 0 unspecified atom stereocenters. The highest BCUT2D eigenvalue weighted by molar-refractivity contribution is 6.32. The Bertz CT molecular complexity index is 385. The molecule has 1 aromatic rings. The first-order chi connectivity index (χ1) is 7.04. The van der Waals surface area contributed by atoms with Gasteiger partial charge in [0, 0.05) is 10.6 Å². The Morgan fingerprint density at radius 3 is 2.67 bits per heavy atom. The highest BCUT2D eigenvalue weighted by atomic mass is 35.5. The van der Waals surface area contributed by atoms with Gasteiger partial charge in [0.05, 0.1) is 7.11 Å². The molecule has 2 nitrogen and oxygen atoms in total. The van der Waals surface area contributed by atoms with Gasteiger partial charge in [-0.25, -0.2) is 0 Å². The van der Waals surface area contributed by atoms with Gasteiger partial charge in [0.15, 0.2) is 0 Å². The van der Waals surface area contributed by atoms with Gasteiger partial charge in [-0.1, -0.05) is 11.6 Å². The van der Waals surface area contributed by atoms with Crippen molar-refractivity contribution in [1.29, 1.82) is 0 Å². The quantitative estimate of drug-likeness (QED) is 0.859. The van der Waals surface area contributed by atoms with Crippen LogP contribution in [0.25, 0.3) is 0 Å². The van der Waals surface area contributed by atoms with E-state index in [0.29, 0.717) is 0 Å². The summed E-state index contributed by atoms with van der Waals surface area (Å²) < 4.78 is 5.23. The molecule has 0 bridgehead atoms. The van der Waals surface area contributed by atoms with Crippen molar-refractivity contribution in [1.82, 2.24) is 0 Å². The van der Waals surface area contributed by atoms with E-state index < -0.39 is 0 Å². The highest BCUT2D eigenvalue weighted by Crippen LogP contribution is 2.38. The SMILES string of the molecule is COc1cc(C)c(Cl)c(CC2(N)CC2)c1. The summed E-state index contributed by atoms with van der Waals surface area (Å²) in [6.45, 7) is 1.99. The topological polar surface area (TPSA) is 35.2 Å². The van der Waals surface area contributed by atoms with Gasteiger partial charge in [-0.3, -0.25) is 0 Å². The van der Waals surface area contributed by atoms with Crippen molar-refractivity contribution in [2.75, 3.05) is 7.11 Å². The van der Waals surface area contributed by atoms with E-state index in [0.717, 1.165) is 41.2 Å². The zero-order valence-corrected chi connectivity index (χ0v) is 9.90. The Morgan fingerprint density at radius 2 is 2.13 bits per heavy atom. The number of nitrogens with two attached hydrogens (primary N) is 1. The molecule has 0 aliphatic heterocycles. The molecule has 0 radical (unpaired) electrons. The zero-order chi connectivity index (χ0) is 11.1. The number of benzene rings is 1. The Morgan fingerprint density at radius 1 is 1.47 bits per heavy atom. The van der Waals surface area contributed by atoms with Crippen molar-refractivity contribution in [2.24, 2.45) is 5.73 Å². The molecule has 0 saturated heterocycles. The van der Waals surface area contributed by atoms with Crippen LogP contribution in [0.4, 0.5) is 0 Å². The predicted molar refractivity (Wildman–Crippen MR) is 62.6 cm³/mol. The fourth-order valence-corrected chi connectivity index (χ4v) is 1.95. The maximum atomic E-state index is 6.24. The number of ether oxygens (including phenoxy) is 1. The molecule has 1 saturated carbocycles. The second-order valence-electron chi connectivity index (χ2n) is 4.46. The number of methoxy groups -OCH3 is 1. The monoisotopic (exact) mass is 225 g/mol. The molecule has 2 rings (SSSR count). The number of hydrogen-bond acceptors (Lipinski definition) is 2. The van der Waals surface area contributed by atoms with Crippen LogP contribution in [0.2, 0.25) is 5.02 Å². The molecular formula is C12H16ClNO. The summed E-state index contributed by atoms with van der Waals surface area (Å²) in [6, 6.07) is 3.93. The largest absolute Gasteiger partial charge is 0.497 e. The Labute approximate surface area is 95.4 Å². The van der Waals surface area contributed by atoms with Crippen molar-refractivity contribution in [3.05, 3.63) is 28.3 Å². The van der Waals surface area contributed by atoms with Gasteiger partial charge in [0.2, 0.25) is 0 Å². The molecule has 1 aromatic carbocycles. The van der Waals surface area contributed by atoms with Crippen LogP contribution in [0.3, 0.4) is 0 Å². The average molecular weight is 226 g/mol. The molecule has 15 heavy (non-hydrogen) atoms. The Hall–Kier alpha value is -0.730. The summed E-state index contributed by atoms with van der Waals surface area (Å²) >= 11 is 6.24. The fourth-order valence-electron chi connectivity index (χ4n) is 1.77. The molecule has 0 atom stereocenters. The van der Waals surface area contributed by atoms with Crippen LogP contribution in [-0.2, 0) is 6.42 Å². The van der Waals surface area contributed by atoms with Crippen LogP contribution < -0.4 is 10.5 Å². The summed E-state index contributed by atoms with van der Waals surface area (Å²) in [5.41, 5.74) is 8.23. The fraction of sp³-hybridized carbons (Fsp3) is 0.500. The van der Waals surface area contributed by atoms with Gasteiger partial charge in [-0.2, -0.15) is 0 Å². The van der Waals surface area contributed by atoms with Crippen molar-refractivity contribution in [2.45, 2.75) is 31.7 Å². The highest BCUT2D eigenvalue weighted by Gasteiger charge is 2.38. The second kappa shape index (κ2) is 3.69. The number of halogens is 1. The molecule has 0 aromatic heterocycles. The zero-order valence-electron chi connectivity index (χ0n) is 9.14. The minimum atomic E-state index is -0.0115. The molecule has 1 fully saturated rings. The Balaban J connectivity index is 2.31. The first-order valence-corrected chi connectivity index (χ1v) is 5.54. The molecule has 1 aliphatic carbocycles. The van der Waals surface area contributed by atoms with E-state index in [1.54, 1.807) is 7.11 Å². The third kappa shape index (κ3) is 2.27. The normalized spacial score (nSPS) is 17.6. The lowest BCUT2D eigenvalue weighted by atomic mass is 10.0. The first-order valence-electron chi connectivity index (χ1n) is 5.16. The van der Waals surface area contributed by atoms with Crippen LogP contribution in [0.5, 0.6) is 5.75 Å². The third-order valence-electron chi connectivity index (χ3n) is 2.97. The van der Waals surface area contributed by atoms with E-state index in [-0.39, 0.29) is 5.54 Å². The molecule has 0 heterocycles. The molecule has 1 aliphatic rings. The minimum absolute atomic E-state index is 0.0115. The average Bonchev–Trinajstić information content (AvgIpc) is 2.91. The number of aryl methyl sites for hydroxylation is 1. The van der Waals surface area contributed by atoms with E-state index in [2.05, 4.69) is 0 Å². The summed E-state index contributed by atoms with van der Waals surface area (Å²) in [5, 5.41) is 0.826. The standard InChI is InChI=1S/C12H16ClNO/c1-8-5-10(15-2)6-9(11(8)13)7-12(14)3-4-12/h5-6H,3-4,7,14H2,1-2H3. The van der Waals surface area contributed by atoms with Gasteiger partial charge in [0.25, 0.3) is 0 Å². The molecule has 3 heteroatoms. The summed E-state index contributed by atoms with van der Waals surface area (Å²) in [5.74, 6) is 0.858. The van der Waals surface area contributed by atoms with Crippen molar-refractivity contribution < 1.29 is 4.74 Å². The summed E-state index contributed by atoms with van der Waals surface area (Å²) in [4.78, 5) is 0. The van der Waals surface area contributed by atoms with Gasteiger partial charge in [0.1, 0.15) is 5.75 Å².